The molecule has 0 unspecified atom stereocenters. The summed E-state index contributed by atoms with van der Waals surface area (Å²) in [5, 5.41) is 7.97. The van der Waals surface area contributed by atoms with E-state index < -0.39 is 11.2 Å². The average Bonchev–Trinajstić information content (AvgIpc) is 1.88. The van der Waals surface area contributed by atoms with Crippen LogP contribution in [-0.4, -0.2) is 22.2 Å². The van der Waals surface area contributed by atoms with Gasteiger partial charge in [-0.3, -0.25) is 9.78 Å². The van der Waals surface area contributed by atoms with Crippen LogP contribution in [0.15, 0.2) is 9.59 Å². The number of anilines is 1. The maximum atomic E-state index is 10.7. The van der Waals surface area contributed by atoms with Crippen molar-refractivity contribution in [3.63, 3.8) is 0 Å². The minimum atomic E-state index is -0.607. The largest absolute Gasteiger partial charge is 0.367 e. The van der Waals surface area contributed by atoms with Gasteiger partial charge in [-0.25, -0.2) is 9.89 Å². The number of halogens is 1. The fourth-order valence-corrected chi connectivity index (χ4v) is 0.517. The normalized spacial score (nSPS) is 8.45. The quantitative estimate of drug-likeness (QED) is 0.510. The minimum absolute atomic E-state index is 0. The Morgan fingerprint density at radius 1 is 1.45 bits per heavy atom. The molecule has 0 aliphatic rings. The molecule has 0 radical (unpaired) electrons. The molecular formula is C4H7ClN4O2. The second-order valence-electron chi connectivity index (χ2n) is 1.61. The number of aromatic nitrogens is 3. The van der Waals surface area contributed by atoms with Gasteiger partial charge in [0, 0.05) is 7.05 Å². The van der Waals surface area contributed by atoms with E-state index in [0.717, 1.165) is 0 Å². The molecule has 0 spiro atoms. The van der Waals surface area contributed by atoms with Crippen LogP contribution in [0, 0.1) is 0 Å². The van der Waals surface area contributed by atoms with Crippen molar-refractivity contribution in [2.75, 3.05) is 12.4 Å². The Hall–Kier alpha value is -1.30. The smallest absolute Gasteiger partial charge is 0.342 e. The Balaban J connectivity index is 0.000001000. The summed E-state index contributed by atoms with van der Waals surface area (Å²) >= 11 is 0. The first-order valence-electron chi connectivity index (χ1n) is 2.61. The molecule has 0 fully saturated rings. The third kappa shape index (κ3) is 2.08. The van der Waals surface area contributed by atoms with Gasteiger partial charge in [0.1, 0.15) is 0 Å². The molecule has 7 heteroatoms. The summed E-state index contributed by atoms with van der Waals surface area (Å²) in [5.74, 6) is 0.0969. The van der Waals surface area contributed by atoms with Crippen LogP contribution in [0.4, 0.5) is 5.82 Å². The Bertz CT molecular complexity index is 329. The van der Waals surface area contributed by atoms with Crippen molar-refractivity contribution in [2.24, 2.45) is 0 Å². The highest BCUT2D eigenvalue weighted by molar-refractivity contribution is 5.85. The fraction of sp³-hybridized carbons (Fsp3) is 0.250. The van der Waals surface area contributed by atoms with Crippen molar-refractivity contribution in [1.82, 2.24) is 15.2 Å². The molecule has 0 saturated heterocycles. The molecule has 0 saturated carbocycles. The molecule has 1 aromatic rings. The van der Waals surface area contributed by atoms with E-state index in [9.17, 15) is 9.59 Å². The standard InChI is InChI=1S/C4H6N4O2.ClH/c1-5-2-3(9)6-4(10)8-7-2;/h1H3,(H,5,7)(H2,6,8,9,10);1H. The molecule has 0 aliphatic carbocycles. The van der Waals surface area contributed by atoms with Crippen LogP contribution < -0.4 is 16.6 Å². The summed E-state index contributed by atoms with van der Waals surface area (Å²) in [6.07, 6.45) is 0. The van der Waals surface area contributed by atoms with Gasteiger partial charge in [-0.15, -0.1) is 17.5 Å². The summed E-state index contributed by atoms with van der Waals surface area (Å²) in [6, 6.07) is 0. The lowest BCUT2D eigenvalue weighted by Gasteiger charge is -1.91. The van der Waals surface area contributed by atoms with E-state index in [4.69, 9.17) is 0 Å². The molecule has 1 heterocycles. The fourth-order valence-electron chi connectivity index (χ4n) is 0.517. The van der Waals surface area contributed by atoms with Crippen molar-refractivity contribution in [1.29, 1.82) is 0 Å². The zero-order chi connectivity index (χ0) is 7.56. The van der Waals surface area contributed by atoms with Crippen molar-refractivity contribution < 1.29 is 0 Å². The number of H-pyrrole nitrogens is 2. The van der Waals surface area contributed by atoms with Crippen LogP contribution in [0.5, 0.6) is 0 Å². The monoisotopic (exact) mass is 178 g/mol. The third-order valence-corrected chi connectivity index (χ3v) is 0.948. The summed E-state index contributed by atoms with van der Waals surface area (Å²) in [7, 11) is 1.54. The molecule has 3 N–H and O–H groups in total. The predicted molar refractivity (Wildman–Crippen MR) is 42.3 cm³/mol. The summed E-state index contributed by atoms with van der Waals surface area (Å²) < 4.78 is 0. The first-order valence-corrected chi connectivity index (χ1v) is 2.61. The van der Waals surface area contributed by atoms with E-state index in [1.807, 2.05) is 4.98 Å². The van der Waals surface area contributed by atoms with Crippen molar-refractivity contribution in [2.45, 2.75) is 0 Å². The van der Waals surface area contributed by atoms with Crippen molar-refractivity contribution in [3.8, 4) is 0 Å². The summed E-state index contributed by atoms with van der Waals surface area (Å²) in [5.41, 5.74) is -1.13. The average molecular weight is 179 g/mol. The molecule has 6 nitrogen and oxygen atoms in total. The topological polar surface area (TPSA) is 90.6 Å². The Morgan fingerprint density at radius 2 is 2.09 bits per heavy atom. The highest BCUT2D eigenvalue weighted by Gasteiger charge is 1.95. The summed E-state index contributed by atoms with van der Waals surface area (Å²) in [6.45, 7) is 0. The number of nitrogens with one attached hydrogen (secondary N) is 3. The van der Waals surface area contributed by atoms with Crippen LogP contribution in [0.3, 0.4) is 0 Å². The van der Waals surface area contributed by atoms with Gasteiger partial charge >= 0.3 is 5.69 Å². The first-order chi connectivity index (χ1) is 4.74. The predicted octanol–water partition coefficient (Wildman–Crippen LogP) is -1.08. The van der Waals surface area contributed by atoms with Gasteiger partial charge in [0.15, 0.2) is 0 Å². The lowest BCUT2D eigenvalue weighted by molar-refractivity contribution is 0.894. The van der Waals surface area contributed by atoms with E-state index in [1.54, 1.807) is 0 Å². The van der Waals surface area contributed by atoms with Gasteiger partial charge in [-0.05, 0) is 0 Å². The SMILES string of the molecule is CNc1n[nH]c(=O)[nH]c1=O.Cl. The lowest BCUT2D eigenvalue weighted by atomic mass is 10.7. The number of nitrogens with zero attached hydrogens (tertiary/aromatic N) is 1. The van der Waals surface area contributed by atoms with Gasteiger partial charge in [0.25, 0.3) is 5.56 Å². The van der Waals surface area contributed by atoms with Gasteiger partial charge in [0.2, 0.25) is 5.82 Å². The molecule has 0 atom stereocenters. The van der Waals surface area contributed by atoms with Gasteiger partial charge in [0.05, 0.1) is 0 Å². The molecule has 62 valence electrons. The first kappa shape index (κ1) is 9.70. The molecule has 0 aromatic carbocycles. The minimum Gasteiger partial charge on any atom is -0.367 e. The van der Waals surface area contributed by atoms with Crippen LogP contribution >= 0.6 is 12.4 Å². The van der Waals surface area contributed by atoms with E-state index in [0.29, 0.717) is 0 Å². The second-order valence-corrected chi connectivity index (χ2v) is 1.61. The maximum absolute atomic E-state index is 10.7. The molecular weight excluding hydrogens is 172 g/mol. The van der Waals surface area contributed by atoms with Crippen molar-refractivity contribution >= 4 is 18.2 Å². The van der Waals surface area contributed by atoms with E-state index in [2.05, 4.69) is 15.5 Å². The molecule has 0 bridgehead atoms. The van der Waals surface area contributed by atoms with Gasteiger partial charge < -0.3 is 5.32 Å². The third-order valence-electron chi connectivity index (χ3n) is 0.948. The van der Waals surface area contributed by atoms with Crippen LogP contribution in [0.2, 0.25) is 0 Å². The Morgan fingerprint density at radius 3 is 2.55 bits per heavy atom. The van der Waals surface area contributed by atoms with Crippen LogP contribution in [0.1, 0.15) is 0 Å². The van der Waals surface area contributed by atoms with Crippen molar-refractivity contribution in [3.05, 3.63) is 20.8 Å². The van der Waals surface area contributed by atoms with Gasteiger partial charge in [-0.1, -0.05) is 0 Å². The molecule has 1 aromatic heterocycles. The summed E-state index contributed by atoms with van der Waals surface area (Å²) in [4.78, 5) is 23.0. The highest BCUT2D eigenvalue weighted by Crippen LogP contribution is 1.78. The second kappa shape index (κ2) is 3.77. The van der Waals surface area contributed by atoms with Crippen LogP contribution in [0.25, 0.3) is 0 Å². The van der Waals surface area contributed by atoms with E-state index in [1.165, 1.54) is 7.05 Å². The lowest BCUT2D eigenvalue weighted by Crippen LogP contribution is -2.25. The number of hydrogen-bond acceptors (Lipinski definition) is 4. The molecule has 0 amide bonds. The Labute approximate surface area is 67.4 Å². The molecule has 0 aliphatic heterocycles. The zero-order valence-corrected chi connectivity index (χ0v) is 6.49. The van der Waals surface area contributed by atoms with Crippen LogP contribution in [-0.2, 0) is 0 Å². The molecule has 11 heavy (non-hydrogen) atoms. The Kier molecular flexibility index (Phi) is 3.32. The zero-order valence-electron chi connectivity index (χ0n) is 5.67. The highest BCUT2D eigenvalue weighted by atomic mass is 35.5. The van der Waals surface area contributed by atoms with E-state index >= 15 is 0 Å². The number of hydrogen-bond donors (Lipinski definition) is 3. The van der Waals surface area contributed by atoms with E-state index in [-0.39, 0.29) is 18.2 Å². The number of aromatic amines is 2. The molecule has 1 rings (SSSR count). The van der Waals surface area contributed by atoms with Gasteiger partial charge in [-0.2, -0.15) is 0 Å². The number of rotatable bonds is 1. The maximum Gasteiger partial charge on any atom is 0.342 e.